The van der Waals surface area contributed by atoms with Crippen LogP contribution in [0.25, 0.3) is 0 Å². The first kappa shape index (κ1) is 9.44. The molecule has 12 heavy (non-hydrogen) atoms. The van der Waals surface area contributed by atoms with Crippen LogP contribution in [0.5, 0.6) is 0 Å². The average Bonchev–Trinajstić information content (AvgIpc) is 2.34. The summed E-state index contributed by atoms with van der Waals surface area (Å²) in [6.07, 6.45) is 3.72. The summed E-state index contributed by atoms with van der Waals surface area (Å²) in [6, 6.07) is 0. The minimum Gasteiger partial charge on any atom is -0.282 e. The van der Waals surface area contributed by atoms with Crippen LogP contribution in [0.3, 0.4) is 0 Å². The second-order valence-electron chi connectivity index (χ2n) is 4.66. The Labute approximate surface area is 74.9 Å². The second-order valence-corrected chi connectivity index (χ2v) is 9.73. The van der Waals surface area contributed by atoms with E-state index in [0.29, 0.717) is 5.04 Å². The van der Waals surface area contributed by atoms with Crippen LogP contribution in [0.15, 0.2) is 12.4 Å². The van der Waals surface area contributed by atoms with Gasteiger partial charge in [0, 0.05) is 6.20 Å². The molecule has 0 spiro atoms. The van der Waals surface area contributed by atoms with Gasteiger partial charge in [-0.2, -0.15) is 0 Å². The average molecular weight is 183 g/mol. The van der Waals surface area contributed by atoms with Crippen LogP contribution >= 0.6 is 0 Å². The van der Waals surface area contributed by atoms with Crippen molar-refractivity contribution < 1.29 is 0 Å². The molecule has 0 fully saturated rings. The van der Waals surface area contributed by atoms with Crippen molar-refractivity contribution in [2.45, 2.75) is 38.9 Å². The standard InChI is InChI=1S/C8H17N3Si/c1-8(2,3)12(4,5)11-7-6-9-10-11/h6-7H,1-5H3. The van der Waals surface area contributed by atoms with Gasteiger partial charge in [0.2, 0.25) is 0 Å². The normalized spacial score (nSPS) is 13.4. The Morgan fingerprint density at radius 1 is 1.25 bits per heavy atom. The quantitative estimate of drug-likeness (QED) is 0.624. The van der Waals surface area contributed by atoms with E-state index >= 15 is 0 Å². The maximum Gasteiger partial charge on any atom is 0.186 e. The molecular weight excluding hydrogens is 166 g/mol. The van der Waals surface area contributed by atoms with Gasteiger partial charge in [0.15, 0.2) is 8.24 Å². The Morgan fingerprint density at radius 2 is 1.83 bits per heavy atom. The summed E-state index contributed by atoms with van der Waals surface area (Å²) in [5, 5.41) is 8.25. The zero-order chi connectivity index (χ0) is 9.41. The highest BCUT2D eigenvalue weighted by Crippen LogP contribution is 2.35. The molecule has 0 atom stereocenters. The van der Waals surface area contributed by atoms with Gasteiger partial charge in [-0.05, 0) is 18.1 Å². The van der Waals surface area contributed by atoms with Crippen molar-refractivity contribution in [3.8, 4) is 0 Å². The van der Waals surface area contributed by atoms with E-state index < -0.39 is 8.24 Å². The van der Waals surface area contributed by atoms with Gasteiger partial charge in [0.1, 0.15) is 0 Å². The molecule has 0 aliphatic heterocycles. The zero-order valence-electron chi connectivity index (χ0n) is 8.50. The minimum atomic E-state index is -1.49. The van der Waals surface area contributed by atoms with E-state index in [-0.39, 0.29) is 0 Å². The molecule has 0 amide bonds. The molecule has 0 saturated carbocycles. The zero-order valence-corrected chi connectivity index (χ0v) is 9.50. The van der Waals surface area contributed by atoms with Crippen LogP contribution in [-0.2, 0) is 0 Å². The maximum atomic E-state index is 4.08. The van der Waals surface area contributed by atoms with Gasteiger partial charge >= 0.3 is 0 Å². The summed E-state index contributed by atoms with van der Waals surface area (Å²) >= 11 is 0. The van der Waals surface area contributed by atoms with Crippen molar-refractivity contribution in [2.24, 2.45) is 0 Å². The van der Waals surface area contributed by atoms with Crippen molar-refractivity contribution in [3.63, 3.8) is 0 Å². The Morgan fingerprint density at radius 3 is 2.17 bits per heavy atom. The third kappa shape index (κ3) is 1.43. The summed E-state index contributed by atoms with van der Waals surface area (Å²) < 4.78 is 2.05. The molecule has 1 aromatic heterocycles. The summed E-state index contributed by atoms with van der Waals surface area (Å²) in [5.74, 6) is 0. The lowest BCUT2D eigenvalue weighted by atomic mass is 10.2. The van der Waals surface area contributed by atoms with Gasteiger partial charge in [-0.25, -0.2) is 0 Å². The smallest absolute Gasteiger partial charge is 0.186 e. The highest BCUT2D eigenvalue weighted by Gasteiger charge is 2.38. The predicted octanol–water partition coefficient (Wildman–Crippen LogP) is 2.13. The molecule has 1 aromatic rings. The molecule has 1 heterocycles. The summed E-state index contributed by atoms with van der Waals surface area (Å²) in [7, 11) is -1.49. The first-order valence-corrected chi connectivity index (χ1v) is 7.17. The van der Waals surface area contributed by atoms with E-state index in [0.717, 1.165) is 0 Å². The molecular formula is C8H17N3Si. The summed E-state index contributed by atoms with van der Waals surface area (Å²) in [5.41, 5.74) is 0. The summed E-state index contributed by atoms with van der Waals surface area (Å²) in [4.78, 5) is 0. The molecule has 0 aliphatic carbocycles. The van der Waals surface area contributed by atoms with Crippen LogP contribution in [0, 0.1) is 0 Å². The number of nitrogens with zero attached hydrogens (tertiary/aromatic N) is 3. The second kappa shape index (κ2) is 2.69. The Bertz CT molecular complexity index is 246. The van der Waals surface area contributed by atoms with Gasteiger partial charge in [0.25, 0.3) is 0 Å². The first-order chi connectivity index (χ1) is 5.36. The number of hydrogen-bond donors (Lipinski definition) is 0. The van der Waals surface area contributed by atoms with Crippen molar-refractivity contribution in [2.75, 3.05) is 0 Å². The molecule has 0 saturated heterocycles. The van der Waals surface area contributed by atoms with Crippen molar-refractivity contribution in [1.82, 2.24) is 14.7 Å². The number of rotatable bonds is 1. The molecule has 0 aromatic carbocycles. The minimum absolute atomic E-state index is 0.320. The van der Waals surface area contributed by atoms with Crippen LogP contribution in [-0.4, -0.2) is 22.9 Å². The SMILES string of the molecule is CC(C)(C)[Si](C)(C)n1ccnn1. The molecule has 1 rings (SSSR count). The predicted molar refractivity (Wildman–Crippen MR) is 52.6 cm³/mol. The van der Waals surface area contributed by atoms with E-state index in [1.807, 2.05) is 10.5 Å². The van der Waals surface area contributed by atoms with Crippen LogP contribution < -0.4 is 0 Å². The molecule has 0 aliphatic rings. The molecule has 0 radical (unpaired) electrons. The van der Waals surface area contributed by atoms with Crippen LogP contribution in [0.2, 0.25) is 18.1 Å². The lowest BCUT2D eigenvalue weighted by molar-refractivity contribution is 0.672. The van der Waals surface area contributed by atoms with E-state index in [4.69, 9.17) is 0 Å². The van der Waals surface area contributed by atoms with E-state index in [1.54, 1.807) is 6.20 Å². The topological polar surface area (TPSA) is 30.7 Å². The monoisotopic (exact) mass is 183 g/mol. The lowest BCUT2D eigenvalue weighted by Crippen LogP contribution is -2.45. The summed E-state index contributed by atoms with van der Waals surface area (Å²) in [6.45, 7) is 11.4. The van der Waals surface area contributed by atoms with E-state index in [2.05, 4.69) is 44.2 Å². The van der Waals surface area contributed by atoms with E-state index in [1.165, 1.54) is 0 Å². The largest absolute Gasteiger partial charge is 0.282 e. The van der Waals surface area contributed by atoms with Crippen molar-refractivity contribution in [1.29, 1.82) is 0 Å². The molecule has 0 unspecified atom stereocenters. The molecule has 3 nitrogen and oxygen atoms in total. The highest BCUT2D eigenvalue weighted by molar-refractivity contribution is 6.78. The lowest BCUT2D eigenvalue weighted by Gasteiger charge is -2.35. The molecule has 68 valence electrons. The van der Waals surface area contributed by atoms with Gasteiger partial charge in [0.05, 0.1) is 6.20 Å². The Balaban J connectivity index is 3.02. The molecule has 4 heteroatoms. The fourth-order valence-electron chi connectivity index (χ4n) is 0.850. The third-order valence-corrected chi connectivity index (χ3v) is 7.89. The van der Waals surface area contributed by atoms with E-state index in [9.17, 15) is 0 Å². The third-order valence-electron chi connectivity index (χ3n) is 2.83. The fraction of sp³-hybridized carbons (Fsp3) is 0.750. The highest BCUT2D eigenvalue weighted by atomic mass is 28.3. The Hall–Kier alpha value is -0.643. The maximum absolute atomic E-state index is 4.08. The van der Waals surface area contributed by atoms with Crippen molar-refractivity contribution in [3.05, 3.63) is 12.4 Å². The van der Waals surface area contributed by atoms with Gasteiger partial charge in [-0.1, -0.05) is 26.0 Å². The van der Waals surface area contributed by atoms with Crippen LogP contribution in [0.4, 0.5) is 0 Å². The van der Waals surface area contributed by atoms with Gasteiger partial charge < -0.3 is 0 Å². The van der Waals surface area contributed by atoms with Gasteiger partial charge in [-0.15, -0.1) is 5.10 Å². The first-order valence-electron chi connectivity index (χ1n) is 4.22. The molecule has 0 bridgehead atoms. The number of aromatic nitrogens is 3. The molecule has 0 N–H and O–H groups in total. The fourth-order valence-corrected chi connectivity index (χ4v) is 2.25. The number of hydrogen-bond acceptors (Lipinski definition) is 2. The Kier molecular flexibility index (Phi) is 2.12. The van der Waals surface area contributed by atoms with Crippen molar-refractivity contribution >= 4 is 8.24 Å². The van der Waals surface area contributed by atoms with Crippen LogP contribution in [0.1, 0.15) is 20.8 Å². The van der Waals surface area contributed by atoms with Gasteiger partial charge in [-0.3, -0.25) is 4.35 Å².